The molecule has 0 aliphatic carbocycles. The number of aromatic amines is 1. The van der Waals surface area contributed by atoms with E-state index in [9.17, 15) is 0 Å². The van der Waals surface area contributed by atoms with Gasteiger partial charge in [0.1, 0.15) is 0 Å². The number of nitrogens with zero attached hydrogens (tertiary/aromatic N) is 2. The van der Waals surface area contributed by atoms with Crippen LogP contribution in [0, 0.1) is 6.92 Å². The SMILES string of the molecule is COc1ccc(-c2[nH]c3ccc(C4CCN(Cc5cc6ccccc6n5C)CC4)cc3c2C)cc1OC. The summed E-state index contributed by atoms with van der Waals surface area (Å²) in [6.45, 7) is 5.49. The van der Waals surface area contributed by atoms with Crippen molar-refractivity contribution in [2.75, 3.05) is 27.3 Å². The minimum atomic E-state index is 0.604. The van der Waals surface area contributed by atoms with E-state index in [1.54, 1.807) is 14.2 Å². The highest BCUT2D eigenvalue weighted by Crippen LogP contribution is 2.37. The molecule has 0 unspecified atom stereocenters. The molecule has 5 heteroatoms. The molecule has 0 amide bonds. The van der Waals surface area contributed by atoms with E-state index in [4.69, 9.17) is 9.47 Å². The molecule has 0 atom stereocenters. The molecule has 190 valence electrons. The highest BCUT2D eigenvalue weighted by Gasteiger charge is 2.23. The van der Waals surface area contributed by atoms with Gasteiger partial charge in [-0.05, 0) is 97.8 Å². The van der Waals surface area contributed by atoms with Crippen molar-refractivity contribution in [3.05, 3.63) is 83.6 Å². The number of hydrogen-bond donors (Lipinski definition) is 1. The Balaban J connectivity index is 1.19. The van der Waals surface area contributed by atoms with E-state index < -0.39 is 0 Å². The fraction of sp³-hybridized carbons (Fsp3) is 0.312. The number of rotatable bonds is 6. The first-order chi connectivity index (χ1) is 18.1. The second kappa shape index (κ2) is 9.64. The lowest BCUT2D eigenvalue weighted by Crippen LogP contribution is -2.33. The lowest BCUT2D eigenvalue weighted by Gasteiger charge is -2.32. The van der Waals surface area contributed by atoms with Gasteiger partial charge in [0, 0.05) is 47.0 Å². The normalized spacial score (nSPS) is 15.0. The first-order valence-electron chi connectivity index (χ1n) is 13.2. The number of aromatic nitrogens is 2. The minimum absolute atomic E-state index is 0.604. The van der Waals surface area contributed by atoms with Gasteiger partial charge in [-0.1, -0.05) is 24.3 Å². The van der Waals surface area contributed by atoms with Crippen LogP contribution in [0.15, 0.2) is 66.7 Å². The van der Waals surface area contributed by atoms with Crippen molar-refractivity contribution >= 4 is 21.8 Å². The zero-order valence-corrected chi connectivity index (χ0v) is 22.2. The minimum Gasteiger partial charge on any atom is -0.493 e. The third-order valence-corrected chi connectivity index (χ3v) is 8.25. The molecule has 1 N–H and O–H groups in total. The number of fused-ring (bicyclic) bond motifs is 2. The van der Waals surface area contributed by atoms with E-state index in [0.717, 1.165) is 42.4 Å². The summed E-state index contributed by atoms with van der Waals surface area (Å²) >= 11 is 0. The number of ether oxygens (including phenoxy) is 2. The van der Waals surface area contributed by atoms with Gasteiger partial charge in [-0.25, -0.2) is 0 Å². The summed E-state index contributed by atoms with van der Waals surface area (Å²) < 4.78 is 13.3. The molecule has 3 aromatic carbocycles. The van der Waals surface area contributed by atoms with Crippen LogP contribution in [0.3, 0.4) is 0 Å². The summed E-state index contributed by atoms with van der Waals surface area (Å²) in [7, 11) is 5.54. The van der Waals surface area contributed by atoms with Gasteiger partial charge in [-0.15, -0.1) is 0 Å². The Labute approximate surface area is 218 Å². The van der Waals surface area contributed by atoms with Crippen molar-refractivity contribution in [2.45, 2.75) is 32.2 Å². The second-order valence-electron chi connectivity index (χ2n) is 10.3. The number of methoxy groups -OCH3 is 2. The second-order valence-corrected chi connectivity index (χ2v) is 10.3. The molecule has 1 saturated heterocycles. The van der Waals surface area contributed by atoms with Crippen molar-refractivity contribution in [3.8, 4) is 22.8 Å². The van der Waals surface area contributed by atoms with Crippen LogP contribution < -0.4 is 9.47 Å². The van der Waals surface area contributed by atoms with Crippen LogP contribution in [-0.2, 0) is 13.6 Å². The van der Waals surface area contributed by atoms with E-state index in [-0.39, 0.29) is 0 Å². The largest absolute Gasteiger partial charge is 0.493 e. The predicted octanol–water partition coefficient (Wildman–Crippen LogP) is 7.03. The van der Waals surface area contributed by atoms with Gasteiger partial charge in [-0.3, -0.25) is 4.90 Å². The highest BCUT2D eigenvalue weighted by atomic mass is 16.5. The van der Waals surface area contributed by atoms with Crippen LogP contribution in [0.1, 0.15) is 35.6 Å². The van der Waals surface area contributed by atoms with E-state index in [2.05, 4.69) is 83.0 Å². The van der Waals surface area contributed by atoms with Crippen LogP contribution in [0.2, 0.25) is 0 Å². The van der Waals surface area contributed by atoms with Gasteiger partial charge < -0.3 is 19.0 Å². The van der Waals surface area contributed by atoms with Gasteiger partial charge >= 0.3 is 0 Å². The highest BCUT2D eigenvalue weighted by molar-refractivity contribution is 5.91. The molecule has 2 aromatic heterocycles. The number of nitrogens with one attached hydrogen (secondary N) is 1. The maximum absolute atomic E-state index is 5.53. The molecule has 0 radical (unpaired) electrons. The van der Waals surface area contributed by atoms with Crippen LogP contribution in [0.5, 0.6) is 11.5 Å². The molecular formula is C32H35N3O2. The van der Waals surface area contributed by atoms with Crippen molar-refractivity contribution in [2.24, 2.45) is 7.05 Å². The number of likely N-dealkylation sites (tertiary alicyclic amines) is 1. The molecule has 5 aromatic rings. The summed E-state index contributed by atoms with van der Waals surface area (Å²) in [5.41, 5.74) is 8.86. The van der Waals surface area contributed by atoms with Crippen LogP contribution >= 0.6 is 0 Å². The number of hydrogen-bond acceptors (Lipinski definition) is 3. The molecular weight excluding hydrogens is 458 g/mol. The smallest absolute Gasteiger partial charge is 0.161 e. The van der Waals surface area contributed by atoms with Crippen molar-refractivity contribution in [1.29, 1.82) is 0 Å². The molecule has 1 aliphatic rings. The monoisotopic (exact) mass is 493 g/mol. The van der Waals surface area contributed by atoms with Crippen LogP contribution in [-0.4, -0.2) is 41.8 Å². The van der Waals surface area contributed by atoms with Gasteiger partial charge in [0.2, 0.25) is 0 Å². The Morgan fingerprint density at radius 1 is 0.892 bits per heavy atom. The summed E-state index contributed by atoms with van der Waals surface area (Å²) in [4.78, 5) is 6.25. The number of H-pyrrole nitrogens is 1. The Kier molecular flexibility index (Phi) is 6.17. The number of piperidine rings is 1. The van der Waals surface area contributed by atoms with Gasteiger partial charge in [0.05, 0.1) is 14.2 Å². The standard InChI is InChI=1S/C32H35N3O2/c1-21-27-18-23(9-11-28(27)33-32(21)25-10-12-30(36-3)31(19-25)37-4)22-13-15-35(16-14-22)20-26-17-24-7-5-6-8-29(24)34(26)2/h5-12,17-19,22,33H,13-16,20H2,1-4H3. The molecule has 5 nitrogen and oxygen atoms in total. The molecule has 6 rings (SSSR count). The van der Waals surface area contributed by atoms with Crippen LogP contribution in [0.25, 0.3) is 33.1 Å². The Bertz CT molecular complexity index is 1570. The van der Waals surface area contributed by atoms with Gasteiger partial charge in [0.15, 0.2) is 11.5 Å². The molecule has 3 heterocycles. The molecule has 37 heavy (non-hydrogen) atoms. The summed E-state index contributed by atoms with van der Waals surface area (Å²) in [5.74, 6) is 2.09. The zero-order chi connectivity index (χ0) is 25.5. The molecule has 0 spiro atoms. The Morgan fingerprint density at radius 2 is 1.68 bits per heavy atom. The first-order valence-corrected chi connectivity index (χ1v) is 13.2. The van der Waals surface area contributed by atoms with Crippen molar-refractivity contribution in [1.82, 2.24) is 14.5 Å². The Morgan fingerprint density at radius 3 is 2.43 bits per heavy atom. The van der Waals surface area contributed by atoms with E-state index in [1.807, 2.05) is 12.1 Å². The first kappa shape index (κ1) is 23.7. The quantitative estimate of drug-likeness (QED) is 0.276. The Hall–Kier alpha value is -3.70. The zero-order valence-electron chi connectivity index (χ0n) is 22.2. The fourth-order valence-corrected chi connectivity index (χ4v) is 6.03. The summed E-state index contributed by atoms with van der Waals surface area (Å²) in [5, 5.41) is 2.64. The maximum atomic E-state index is 5.53. The molecule has 1 aliphatic heterocycles. The number of benzene rings is 3. The third kappa shape index (κ3) is 4.27. The lowest BCUT2D eigenvalue weighted by atomic mass is 9.88. The van der Waals surface area contributed by atoms with Gasteiger partial charge in [0.25, 0.3) is 0 Å². The van der Waals surface area contributed by atoms with E-state index in [0.29, 0.717) is 5.92 Å². The van der Waals surface area contributed by atoms with Gasteiger partial charge in [-0.2, -0.15) is 0 Å². The molecule has 1 fully saturated rings. The molecule has 0 bridgehead atoms. The summed E-state index contributed by atoms with van der Waals surface area (Å²) in [6, 6.07) is 24.1. The predicted molar refractivity (Wildman–Crippen MR) is 152 cm³/mol. The van der Waals surface area contributed by atoms with E-state index in [1.165, 1.54) is 51.5 Å². The molecule has 0 saturated carbocycles. The van der Waals surface area contributed by atoms with Crippen molar-refractivity contribution < 1.29 is 9.47 Å². The van der Waals surface area contributed by atoms with Crippen LogP contribution in [0.4, 0.5) is 0 Å². The fourth-order valence-electron chi connectivity index (χ4n) is 6.03. The number of aryl methyl sites for hydroxylation is 2. The van der Waals surface area contributed by atoms with E-state index >= 15 is 0 Å². The number of para-hydroxylation sites is 1. The average molecular weight is 494 g/mol. The average Bonchev–Trinajstić information content (AvgIpc) is 3.44. The maximum Gasteiger partial charge on any atom is 0.161 e. The van der Waals surface area contributed by atoms with Crippen molar-refractivity contribution in [3.63, 3.8) is 0 Å². The topological polar surface area (TPSA) is 42.4 Å². The summed E-state index contributed by atoms with van der Waals surface area (Å²) in [6.07, 6.45) is 2.39. The third-order valence-electron chi connectivity index (χ3n) is 8.25. The lowest BCUT2D eigenvalue weighted by molar-refractivity contribution is 0.201.